The third-order valence-corrected chi connectivity index (χ3v) is 5.17. The molecule has 0 amide bonds. The number of fused-ring (bicyclic) bond motifs is 1. The molecule has 2 aliphatic rings. The van der Waals surface area contributed by atoms with Crippen molar-refractivity contribution >= 4 is 11.6 Å². The molecule has 1 aromatic rings. The summed E-state index contributed by atoms with van der Waals surface area (Å²) >= 11 is 6.03. The molecule has 116 valence electrons. The van der Waals surface area contributed by atoms with Gasteiger partial charge < -0.3 is 9.84 Å². The zero-order valence-electron chi connectivity index (χ0n) is 12.9. The first-order valence-corrected chi connectivity index (χ1v) is 8.52. The van der Waals surface area contributed by atoms with Gasteiger partial charge in [0.05, 0.1) is 6.10 Å². The van der Waals surface area contributed by atoms with Gasteiger partial charge in [0.15, 0.2) is 0 Å². The van der Waals surface area contributed by atoms with Gasteiger partial charge in [-0.2, -0.15) is 0 Å². The summed E-state index contributed by atoms with van der Waals surface area (Å²) in [5.74, 6) is 2.27. The fraction of sp³-hybridized carbons (Fsp3) is 0.667. The van der Waals surface area contributed by atoms with Crippen molar-refractivity contribution in [2.24, 2.45) is 11.8 Å². The molecule has 1 fully saturated rings. The van der Waals surface area contributed by atoms with Crippen molar-refractivity contribution < 1.29 is 9.84 Å². The summed E-state index contributed by atoms with van der Waals surface area (Å²) in [6.45, 7) is 4.57. The van der Waals surface area contributed by atoms with Crippen LogP contribution in [-0.2, 0) is 0 Å². The second-order valence-electron chi connectivity index (χ2n) is 7.28. The molecule has 0 saturated heterocycles. The normalized spacial score (nSPS) is 32.0. The Morgan fingerprint density at radius 3 is 2.95 bits per heavy atom. The Labute approximate surface area is 132 Å². The number of aliphatic hydroxyl groups excluding tert-OH is 1. The maximum atomic E-state index is 10.5. The van der Waals surface area contributed by atoms with Crippen LogP contribution in [0, 0.1) is 11.8 Å². The van der Waals surface area contributed by atoms with Crippen LogP contribution in [0.1, 0.15) is 64.0 Å². The van der Waals surface area contributed by atoms with Gasteiger partial charge in [-0.25, -0.2) is 0 Å². The molecule has 21 heavy (non-hydrogen) atoms. The molecule has 1 N–H and O–H groups in total. The molecule has 2 unspecified atom stereocenters. The monoisotopic (exact) mass is 308 g/mol. The highest BCUT2D eigenvalue weighted by Crippen LogP contribution is 2.48. The van der Waals surface area contributed by atoms with Crippen LogP contribution in [0.5, 0.6) is 5.75 Å². The lowest BCUT2D eigenvalue weighted by molar-refractivity contribution is -0.0538. The Balaban J connectivity index is 1.82. The van der Waals surface area contributed by atoms with E-state index in [-0.39, 0.29) is 5.60 Å². The molecule has 1 aliphatic carbocycles. The Hall–Kier alpha value is -0.730. The fourth-order valence-electron chi connectivity index (χ4n) is 4.20. The SMILES string of the molecule is CC(C)CC1CCCC2(C1)C[C@@H](O)c1cc(Cl)ccc1O2. The van der Waals surface area contributed by atoms with Crippen LogP contribution < -0.4 is 4.74 Å². The van der Waals surface area contributed by atoms with Crippen molar-refractivity contribution in [3.05, 3.63) is 28.8 Å². The molecule has 0 bridgehead atoms. The van der Waals surface area contributed by atoms with Gasteiger partial charge in [-0.15, -0.1) is 0 Å². The van der Waals surface area contributed by atoms with E-state index in [1.165, 1.54) is 19.3 Å². The van der Waals surface area contributed by atoms with Crippen molar-refractivity contribution in [1.82, 2.24) is 0 Å². The summed E-state index contributed by atoms with van der Waals surface area (Å²) in [6.07, 6.45) is 6.14. The standard InChI is InChI=1S/C18H25ClO2/c1-12(2)8-13-4-3-7-18(10-13)11-16(20)15-9-14(19)5-6-17(15)21-18/h5-6,9,12-13,16,20H,3-4,7-8,10-11H2,1-2H3/t13?,16-,18?/m1/s1. The van der Waals surface area contributed by atoms with Gasteiger partial charge >= 0.3 is 0 Å². The first-order chi connectivity index (χ1) is 9.97. The molecule has 1 aliphatic heterocycles. The van der Waals surface area contributed by atoms with E-state index in [0.29, 0.717) is 11.4 Å². The molecular weight excluding hydrogens is 284 g/mol. The van der Waals surface area contributed by atoms with Crippen LogP contribution >= 0.6 is 11.6 Å². The predicted molar refractivity (Wildman–Crippen MR) is 85.8 cm³/mol. The average Bonchev–Trinajstić information content (AvgIpc) is 2.39. The van der Waals surface area contributed by atoms with Gasteiger partial charge in [-0.3, -0.25) is 0 Å². The summed E-state index contributed by atoms with van der Waals surface area (Å²) in [5.41, 5.74) is 0.678. The van der Waals surface area contributed by atoms with E-state index in [9.17, 15) is 5.11 Å². The quantitative estimate of drug-likeness (QED) is 0.820. The number of rotatable bonds is 2. The Morgan fingerprint density at radius 1 is 1.38 bits per heavy atom. The number of hydrogen-bond donors (Lipinski definition) is 1. The third-order valence-electron chi connectivity index (χ3n) is 4.93. The molecular formula is C18H25ClO2. The van der Waals surface area contributed by atoms with Crippen molar-refractivity contribution in [2.75, 3.05) is 0 Å². The van der Waals surface area contributed by atoms with Crippen molar-refractivity contribution in [1.29, 1.82) is 0 Å². The molecule has 1 aromatic carbocycles. The number of benzene rings is 1. The molecule has 1 spiro atoms. The molecule has 3 atom stereocenters. The van der Waals surface area contributed by atoms with Crippen LogP contribution in [-0.4, -0.2) is 10.7 Å². The van der Waals surface area contributed by atoms with Crippen LogP contribution in [0.15, 0.2) is 18.2 Å². The largest absolute Gasteiger partial charge is 0.487 e. The van der Waals surface area contributed by atoms with Crippen LogP contribution in [0.2, 0.25) is 5.02 Å². The Kier molecular flexibility index (Phi) is 4.20. The molecule has 1 saturated carbocycles. The zero-order valence-corrected chi connectivity index (χ0v) is 13.7. The maximum absolute atomic E-state index is 10.5. The van der Waals surface area contributed by atoms with E-state index in [1.54, 1.807) is 0 Å². The van der Waals surface area contributed by atoms with Gasteiger partial charge in [-0.1, -0.05) is 31.9 Å². The highest BCUT2D eigenvalue weighted by Gasteiger charge is 2.44. The zero-order chi connectivity index (χ0) is 15.0. The van der Waals surface area contributed by atoms with Gasteiger partial charge in [-0.05, 0) is 55.7 Å². The lowest BCUT2D eigenvalue weighted by atomic mass is 9.71. The second kappa shape index (κ2) is 5.81. The molecule has 3 heteroatoms. The highest BCUT2D eigenvalue weighted by atomic mass is 35.5. The summed E-state index contributed by atoms with van der Waals surface area (Å²) in [7, 11) is 0. The Bertz CT molecular complexity index is 514. The molecule has 0 aromatic heterocycles. The summed E-state index contributed by atoms with van der Waals surface area (Å²) < 4.78 is 6.38. The van der Waals surface area contributed by atoms with Crippen LogP contribution in [0.25, 0.3) is 0 Å². The van der Waals surface area contributed by atoms with Crippen molar-refractivity contribution in [3.8, 4) is 5.75 Å². The minimum atomic E-state index is -0.453. The van der Waals surface area contributed by atoms with Gasteiger partial charge in [0.25, 0.3) is 0 Å². The van der Waals surface area contributed by atoms with Crippen LogP contribution in [0.3, 0.4) is 0 Å². The number of ether oxygens (including phenoxy) is 1. The first-order valence-electron chi connectivity index (χ1n) is 8.14. The number of aliphatic hydroxyl groups is 1. The third kappa shape index (κ3) is 3.22. The Morgan fingerprint density at radius 2 is 2.19 bits per heavy atom. The van der Waals surface area contributed by atoms with Crippen molar-refractivity contribution in [3.63, 3.8) is 0 Å². The number of halogens is 1. The second-order valence-corrected chi connectivity index (χ2v) is 7.72. The van der Waals surface area contributed by atoms with E-state index >= 15 is 0 Å². The highest BCUT2D eigenvalue weighted by molar-refractivity contribution is 6.30. The molecule has 1 heterocycles. The van der Waals surface area contributed by atoms with E-state index in [1.807, 2.05) is 18.2 Å². The van der Waals surface area contributed by atoms with Gasteiger partial charge in [0.2, 0.25) is 0 Å². The summed E-state index contributed by atoms with van der Waals surface area (Å²) in [5, 5.41) is 11.2. The van der Waals surface area contributed by atoms with E-state index in [2.05, 4.69) is 13.8 Å². The van der Waals surface area contributed by atoms with E-state index < -0.39 is 6.10 Å². The molecule has 3 rings (SSSR count). The van der Waals surface area contributed by atoms with Gasteiger partial charge in [0, 0.05) is 17.0 Å². The minimum absolute atomic E-state index is 0.169. The lowest BCUT2D eigenvalue weighted by Crippen LogP contribution is -2.45. The van der Waals surface area contributed by atoms with Crippen molar-refractivity contribution in [2.45, 2.75) is 64.1 Å². The lowest BCUT2D eigenvalue weighted by Gasteiger charge is -2.46. The number of hydrogen-bond acceptors (Lipinski definition) is 2. The first kappa shape index (κ1) is 15.2. The topological polar surface area (TPSA) is 29.5 Å². The van der Waals surface area contributed by atoms with E-state index in [0.717, 1.165) is 36.0 Å². The average molecular weight is 309 g/mol. The molecule has 0 radical (unpaired) electrons. The smallest absolute Gasteiger partial charge is 0.126 e. The summed E-state index contributed by atoms with van der Waals surface area (Å²) in [4.78, 5) is 0. The summed E-state index contributed by atoms with van der Waals surface area (Å²) in [6, 6.07) is 5.59. The van der Waals surface area contributed by atoms with Crippen LogP contribution in [0.4, 0.5) is 0 Å². The fourth-order valence-corrected chi connectivity index (χ4v) is 4.38. The predicted octanol–water partition coefficient (Wildman–Crippen LogP) is 5.13. The van der Waals surface area contributed by atoms with E-state index in [4.69, 9.17) is 16.3 Å². The minimum Gasteiger partial charge on any atom is -0.487 e. The molecule has 2 nitrogen and oxygen atoms in total. The van der Waals surface area contributed by atoms with Gasteiger partial charge in [0.1, 0.15) is 11.4 Å². The maximum Gasteiger partial charge on any atom is 0.126 e.